The highest BCUT2D eigenvalue weighted by atomic mass is 19.1. The highest BCUT2D eigenvalue weighted by Crippen LogP contribution is 2.56. The van der Waals surface area contributed by atoms with Gasteiger partial charge in [-0.15, -0.1) is 0 Å². The second-order valence-electron chi connectivity index (χ2n) is 17.4. The van der Waals surface area contributed by atoms with Gasteiger partial charge < -0.3 is 28.6 Å². The molecule has 1 unspecified atom stereocenters. The van der Waals surface area contributed by atoms with Crippen LogP contribution in [0.25, 0.3) is 22.1 Å². The van der Waals surface area contributed by atoms with Gasteiger partial charge >= 0.3 is 5.76 Å². The van der Waals surface area contributed by atoms with E-state index in [1.54, 1.807) is 46.7 Å². The molecule has 1 aliphatic carbocycles. The Kier molecular flexibility index (Phi) is 8.68. The van der Waals surface area contributed by atoms with Crippen LogP contribution in [0.1, 0.15) is 95.2 Å². The number of nitrogens with zero attached hydrogens (tertiary/aromatic N) is 9. The number of hydrogen-bond donors (Lipinski definition) is 2. The number of fused-ring (bicyclic) bond motifs is 3. The second-order valence-corrected chi connectivity index (χ2v) is 17.4. The third-order valence-corrected chi connectivity index (χ3v) is 13.8. The van der Waals surface area contributed by atoms with Crippen molar-refractivity contribution in [2.75, 3.05) is 29.6 Å². The minimum absolute atomic E-state index is 0.0446. The van der Waals surface area contributed by atoms with Gasteiger partial charge in [0.2, 0.25) is 6.35 Å². The topological polar surface area (TPSA) is 155 Å². The summed E-state index contributed by atoms with van der Waals surface area (Å²) in [5.41, 5.74) is 6.55. The van der Waals surface area contributed by atoms with Gasteiger partial charge in [0.25, 0.3) is 5.91 Å². The molecule has 318 valence electrons. The number of rotatable bonds is 7. The molecule has 16 heteroatoms. The number of aliphatic hydroxyl groups is 1. The third kappa shape index (κ3) is 5.72. The van der Waals surface area contributed by atoms with Crippen LogP contribution in [0.3, 0.4) is 0 Å². The predicted octanol–water partition coefficient (Wildman–Crippen LogP) is 6.73. The number of H-pyrrole nitrogens is 1. The summed E-state index contributed by atoms with van der Waals surface area (Å²) in [6.07, 6.45) is 9.12. The Morgan fingerprint density at radius 3 is 2.47 bits per heavy atom. The summed E-state index contributed by atoms with van der Waals surface area (Å²) in [5.74, 6) is 1.04. The third-order valence-electron chi connectivity index (χ3n) is 13.8. The number of imidazole rings is 1. The van der Waals surface area contributed by atoms with E-state index in [1.807, 2.05) is 59.9 Å². The lowest BCUT2D eigenvalue weighted by molar-refractivity contribution is 0.0663. The number of carbonyl (C=O) groups is 1. The molecule has 11 rings (SSSR count). The molecule has 15 nitrogen and oxygen atoms in total. The Hall–Kier alpha value is -6.52. The standard InChI is InChI=1S/C46H47FN10O5/c1-25-18-35(19-26(2)40(25)47)57-41(54-15-14-53(45(54)60)34-8-7-33-23-48-29(5)55(33)24-34)39-28(4)52(13-10-36(39)50-57)42(58)38-21-32-20-31(30-11-16-61-17-12-30)6-9-37(32)56(38)46(22-27(46)3)43-49-44(59)62-51-43/h6-9,14-15,18-21,23-24,27-28,30,45,60H,10-13,16-17,22H2,1-5H3,(H,49,51,59)/t27-,28-,45?,46-/m0/s1. The number of halogens is 1. The van der Waals surface area contributed by atoms with Crippen molar-refractivity contribution in [2.45, 2.75) is 84.2 Å². The van der Waals surface area contributed by atoms with Crippen LogP contribution in [0.5, 0.6) is 0 Å². The quantitative estimate of drug-likeness (QED) is 0.177. The van der Waals surface area contributed by atoms with Crippen LogP contribution in [0.2, 0.25) is 0 Å². The Bertz CT molecular complexity index is 3020. The summed E-state index contributed by atoms with van der Waals surface area (Å²) in [6.45, 7) is 11.3. The molecule has 7 aromatic rings. The van der Waals surface area contributed by atoms with E-state index in [2.05, 4.69) is 44.8 Å². The summed E-state index contributed by atoms with van der Waals surface area (Å²) >= 11 is 0. The molecular formula is C46H47FN10O5. The predicted molar refractivity (Wildman–Crippen MR) is 229 cm³/mol. The molecule has 0 spiro atoms. The van der Waals surface area contributed by atoms with Crippen molar-refractivity contribution in [2.24, 2.45) is 5.92 Å². The number of aliphatic hydroxyl groups excluding tert-OH is 1. The number of amides is 1. The van der Waals surface area contributed by atoms with E-state index in [4.69, 9.17) is 14.4 Å². The smallest absolute Gasteiger partial charge is 0.381 e. The molecular weight excluding hydrogens is 792 g/mol. The molecule has 3 aliphatic heterocycles. The maximum absolute atomic E-state index is 15.5. The van der Waals surface area contributed by atoms with Gasteiger partial charge in [-0.05, 0) is 118 Å². The van der Waals surface area contributed by atoms with Gasteiger partial charge in [0.15, 0.2) is 5.82 Å². The first kappa shape index (κ1) is 38.4. The largest absolute Gasteiger partial charge is 0.438 e. The fraction of sp³-hybridized carbons (Fsp3) is 0.370. The lowest BCUT2D eigenvalue weighted by Crippen LogP contribution is -2.43. The van der Waals surface area contributed by atoms with E-state index in [0.29, 0.717) is 72.7 Å². The number of hydrogen-bond acceptors (Lipinski definition) is 10. The number of aromatic amines is 1. The van der Waals surface area contributed by atoms with Gasteiger partial charge in [0.05, 0.1) is 34.8 Å². The zero-order valence-corrected chi connectivity index (χ0v) is 35.2. The number of ether oxygens (including phenoxy) is 1. The molecule has 1 saturated heterocycles. The van der Waals surface area contributed by atoms with Crippen molar-refractivity contribution in [3.63, 3.8) is 0 Å². The van der Waals surface area contributed by atoms with Gasteiger partial charge in [0, 0.05) is 61.2 Å². The first-order chi connectivity index (χ1) is 29.9. The summed E-state index contributed by atoms with van der Waals surface area (Å²) in [4.78, 5) is 40.5. The van der Waals surface area contributed by atoms with E-state index in [-0.39, 0.29) is 17.6 Å². The molecule has 2 N–H and O–H groups in total. The fourth-order valence-electron chi connectivity index (χ4n) is 10.3. The zero-order valence-electron chi connectivity index (χ0n) is 35.2. The average Bonchev–Trinajstić information content (AvgIpc) is 3.90. The first-order valence-corrected chi connectivity index (χ1v) is 21.3. The fourth-order valence-corrected chi connectivity index (χ4v) is 10.3. The first-order valence-electron chi connectivity index (χ1n) is 21.3. The lowest BCUT2D eigenvalue weighted by atomic mass is 9.91. The van der Waals surface area contributed by atoms with Crippen molar-refractivity contribution < 1.29 is 23.6 Å². The molecule has 4 aliphatic rings. The van der Waals surface area contributed by atoms with Crippen LogP contribution in [0.15, 0.2) is 82.6 Å². The van der Waals surface area contributed by atoms with E-state index in [1.165, 1.54) is 5.56 Å². The van der Waals surface area contributed by atoms with Gasteiger partial charge in [-0.3, -0.25) is 19.2 Å². The van der Waals surface area contributed by atoms with Crippen LogP contribution in [-0.4, -0.2) is 75.9 Å². The number of aromatic nitrogens is 7. The van der Waals surface area contributed by atoms with Crippen molar-refractivity contribution in [1.29, 1.82) is 0 Å². The Morgan fingerprint density at radius 1 is 0.984 bits per heavy atom. The van der Waals surface area contributed by atoms with Gasteiger partial charge in [-0.25, -0.2) is 18.9 Å². The molecule has 8 heterocycles. The molecule has 0 radical (unpaired) electrons. The van der Waals surface area contributed by atoms with Gasteiger partial charge in [-0.2, -0.15) is 5.10 Å². The highest BCUT2D eigenvalue weighted by molar-refractivity contribution is 6.00. The Morgan fingerprint density at radius 2 is 1.74 bits per heavy atom. The van der Waals surface area contributed by atoms with Crippen LogP contribution >= 0.6 is 0 Å². The number of benzene rings is 2. The molecule has 1 amide bonds. The van der Waals surface area contributed by atoms with Gasteiger partial charge in [0.1, 0.15) is 28.7 Å². The van der Waals surface area contributed by atoms with Crippen LogP contribution in [0, 0.1) is 32.5 Å². The molecule has 0 bridgehead atoms. The normalized spacial score (nSPS) is 22.7. The molecule has 1 saturated carbocycles. The Balaban J connectivity index is 1.03. The van der Waals surface area contributed by atoms with Crippen LogP contribution in [0.4, 0.5) is 15.9 Å². The number of aryl methyl sites for hydroxylation is 3. The monoisotopic (exact) mass is 838 g/mol. The molecule has 4 atom stereocenters. The Labute approximate surface area is 355 Å². The van der Waals surface area contributed by atoms with Crippen LogP contribution < -0.4 is 15.6 Å². The SMILES string of the molecule is Cc1cc(-n2nc3c(c2N2C=CN(c4ccc5cnc(C)n5c4)C2O)[C@H](C)N(C(=O)c2cc4cc(C5CCOCC5)ccc4n2[C@@]2(c4noc(=O)[nH]4)C[C@@H]2C)CC3)cc(C)c1F. The molecule has 62 heavy (non-hydrogen) atoms. The maximum Gasteiger partial charge on any atom is 0.438 e. The van der Waals surface area contributed by atoms with Crippen LogP contribution in [-0.2, 0) is 16.7 Å². The minimum Gasteiger partial charge on any atom is -0.381 e. The maximum atomic E-state index is 15.5. The number of nitrogens with one attached hydrogen (secondary N) is 1. The van der Waals surface area contributed by atoms with Crippen molar-refractivity contribution >= 4 is 33.8 Å². The number of pyridine rings is 1. The number of carbonyl (C=O) groups excluding carboxylic acids is 1. The average molecular weight is 839 g/mol. The molecule has 2 fully saturated rings. The summed E-state index contributed by atoms with van der Waals surface area (Å²) in [5, 5.41) is 22.5. The second kappa shape index (κ2) is 14.0. The van der Waals surface area contributed by atoms with Gasteiger partial charge in [-0.1, -0.05) is 18.1 Å². The summed E-state index contributed by atoms with van der Waals surface area (Å²) in [6, 6.07) is 15.3. The highest BCUT2D eigenvalue weighted by Gasteiger charge is 2.59. The zero-order chi connectivity index (χ0) is 42.8. The van der Waals surface area contributed by atoms with Crippen molar-refractivity contribution in [1.82, 2.24) is 38.8 Å². The van der Waals surface area contributed by atoms with E-state index < -0.39 is 23.7 Å². The lowest BCUT2D eigenvalue weighted by Gasteiger charge is -2.36. The molecule has 2 aromatic carbocycles. The van der Waals surface area contributed by atoms with Crippen molar-refractivity contribution in [3.05, 3.63) is 135 Å². The molecule has 5 aromatic heterocycles. The van der Waals surface area contributed by atoms with E-state index in [0.717, 1.165) is 52.0 Å². The van der Waals surface area contributed by atoms with E-state index in [9.17, 15) is 9.90 Å². The summed E-state index contributed by atoms with van der Waals surface area (Å²) < 4.78 is 31.6. The number of anilines is 2. The minimum atomic E-state index is -1.19. The summed E-state index contributed by atoms with van der Waals surface area (Å²) in [7, 11) is 0. The van der Waals surface area contributed by atoms with E-state index >= 15 is 9.18 Å². The van der Waals surface area contributed by atoms with Crippen molar-refractivity contribution in [3.8, 4) is 5.69 Å².